The van der Waals surface area contributed by atoms with Crippen molar-refractivity contribution in [1.82, 2.24) is 0 Å². The third kappa shape index (κ3) is 0.877. The molecule has 0 bridgehead atoms. The Balaban J connectivity index is 3.01. The van der Waals surface area contributed by atoms with E-state index in [1.807, 2.05) is 0 Å². The van der Waals surface area contributed by atoms with E-state index in [1.54, 1.807) is 0 Å². The van der Waals surface area contributed by atoms with Crippen molar-refractivity contribution < 1.29 is 20.4 Å². The molecule has 1 aliphatic rings. The Morgan fingerprint density at radius 2 is 1.60 bits per heavy atom. The SMILES string of the molecule is OC1=C(O)C(O)=C(O)C[CH]1. The zero-order valence-electron chi connectivity index (χ0n) is 5.07. The van der Waals surface area contributed by atoms with E-state index in [2.05, 4.69) is 0 Å². The van der Waals surface area contributed by atoms with Crippen LogP contribution in [0.1, 0.15) is 6.42 Å². The van der Waals surface area contributed by atoms with Crippen molar-refractivity contribution in [3.63, 3.8) is 0 Å². The first-order valence-electron chi connectivity index (χ1n) is 2.69. The highest BCUT2D eigenvalue weighted by molar-refractivity contribution is 5.32. The van der Waals surface area contributed by atoms with Gasteiger partial charge in [-0.3, -0.25) is 0 Å². The van der Waals surface area contributed by atoms with Gasteiger partial charge in [-0.25, -0.2) is 0 Å². The van der Waals surface area contributed by atoms with Gasteiger partial charge in [-0.15, -0.1) is 0 Å². The first-order chi connectivity index (χ1) is 4.63. The summed E-state index contributed by atoms with van der Waals surface area (Å²) in [4.78, 5) is 0. The maximum Gasteiger partial charge on any atom is 0.199 e. The van der Waals surface area contributed by atoms with E-state index >= 15 is 0 Å². The number of rotatable bonds is 0. The second kappa shape index (κ2) is 2.13. The van der Waals surface area contributed by atoms with Crippen LogP contribution in [0, 0.1) is 6.42 Å². The van der Waals surface area contributed by atoms with Crippen molar-refractivity contribution in [3.05, 3.63) is 29.5 Å². The Morgan fingerprint density at radius 3 is 2.10 bits per heavy atom. The van der Waals surface area contributed by atoms with Gasteiger partial charge in [0.15, 0.2) is 11.5 Å². The van der Waals surface area contributed by atoms with E-state index < -0.39 is 17.3 Å². The Kier molecular flexibility index (Phi) is 1.45. The summed E-state index contributed by atoms with van der Waals surface area (Å²) in [6.45, 7) is 0. The molecule has 0 aromatic rings. The lowest BCUT2D eigenvalue weighted by Gasteiger charge is -2.10. The summed E-state index contributed by atoms with van der Waals surface area (Å²) in [7, 11) is 0. The van der Waals surface area contributed by atoms with Gasteiger partial charge in [-0.2, -0.15) is 0 Å². The lowest BCUT2D eigenvalue weighted by atomic mass is 10.1. The van der Waals surface area contributed by atoms with Crippen LogP contribution >= 0.6 is 0 Å². The predicted molar refractivity (Wildman–Crippen MR) is 33.5 cm³/mol. The topological polar surface area (TPSA) is 80.9 Å². The fourth-order valence-electron chi connectivity index (χ4n) is 0.645. The molecule has 1 rings (SSSR count). The zero-order chi connectivity index (χ0) is 7.72. The first kappa shape index (κ1) is 6.80. The largest absolute Gasteiger partial charge is 0.508 e. The smallest absolute Gasteiger partial charge is 0.199 e. The summed E-state index contributed by atoms with van der Waals surface area (Å²) in [5.74, 6) is -2.07. The fraction of sp³-hybridized carbons (Fsp3) is 0.167. The van der Waals surface area contributed by atoms with Crippen molar-refractivity contribution >= 4 is 0 Å². The van der Waals surface area contributed by atoms with E-state index in [0.29, 0.717) is 0 Å². The predicted octanol–water partition coefficient (Wildman–Crippen LogP) is 1.25. The van der Waals surface area contributed by atoms with Crippen LogP contribution in [-0.2, 0) is 0 Å². The average molecular weight is 143 g/mol. The molecule has 0 saturated carbocycles. The Bertz CT molecular complexity index is 190. The van der Waals surface area contributed by atoms with Crippen LogP contribution in [0.5, 0.6) is 0 Å². The van der Waals surface area contributed by atoms with Crippen LogP contribution in [0.15, 0.2) is 23.0 Å². The Morgan fingerprint density at radius 1 is 1.00 bits per heavy atom. The molecule has 1 aliphatic carbocycles. The first-order valence-corrected chi connectivity index (χ1v) is 2.69. The minimum absolute atomic E-state index is 0.0434. The third-order valence-electron chi connectivity index (χ3n) is 1.23. The third-order valence-corrected chi connectivity index (χ3v) is 1.23. The molecule has 55 valence electrons. The maximum absolute atomic E-state index is 8.76. The minimum Gasteiger partial charge on any atom is -0.508 e. The summed E-state index contributed by atoms with van der Waals surface area (Å²) in [6, 6.07) is 0. The maximum atomic E-state index is 8.76. The Labute approximate surface area is 57.4 Å². The van der Waals surface area contributed by atoms with E-state index in [-0.39, 0.29) is 12.2 Å². The highest BCUT2D eigenvalue weighted by Gasteiger charge is 2.19. The number of allylic oxidation sites excluding steroid dienone is 2. The molecule has 0 aromatic heterocycles. The van der Waals surface area contributed by atoms with E-state index in [4.69, 9.17) is 20.4 Å². The second-order valence-corrected chi connectivity index (χ2v) is 1.94. The number of hydrogen-bond acceptors (Lipinski definition) is 4. The fourth-order valence-corrected chi connectivity index (χ4v) is 0.645. The molecule has 0 heterocycles. The molecule has 4 heteroatoms. The van der Waals surface area contributed by atoms with Gasteiger partial charge in [0.05, 0.1) is 0 Å². The monoisotopic (exact) mass is 143 g/mol. The lowest BCUT2D eigenvalue weighted by molar-refractivity contribution is 0.244. The van der Waals surface area contributed by atoms with Crippen molar-refractivity contribution in [1.29, 1.82) is 0 Å². The minimum atomic E-state index is -0.677. The summed E-state index contributed by atoms with van der Waals surface area (Å²) < 4.78 is 0. The molecule has 0 unspecified atom stereocenters. The van der Waals surface area contributed by atoms with E-state index in [9.17, 15) is 0 Å². The van der Waals surface area contributed by atoms with Crippen LogP contribution in [-0.4, -0.2) is 20.4 Å². The van der Waals surface area contributed by atoms with Crippen molar-refractivity contribution in [2.45, 2.75) is 6.42 Å². The molecule has 0 saturated heterocycles. The van der Waals surface area contributed by atoms with E-state index in [0.717, 1.165) is 0 Å². The second-order valence-electron chi connectivity index (χ2n) is 1.94. The van der Waals surface area contributed by atoms with Gasteiger partial charge in [0.25, 0.3) is 0 Å². The molecule has 0 aliphatic heterocycles. The normalized spacial score (nSPS) is 20.0. The van der Waals surface area contributed by atoms with Crippen molar-refractivity contribution in [2.24, 2.45) is 0 Å². The van der Waals surface area contributed by atoms with Gasteiger partial charge in [0.2, 0.25) is 0 Å². The van der Waals surface area contributed by atoms with Crippen LogP contribution in [0.3, 0.4) is 0 Å². The number of hydrogen-bond donors (Lipinski definition) is 4. The standard InChI is InChI=1S/C6H7O4/c7-3-1-2-4(8)6(10)5(3)9/h1,7-10H,2H2. The lowest BCUT2D eigenvalue weighted by Crippen LogP contribution is -2.05. The molecular weight excluding hydrogens is 136 g/mol. The number of aliphatic hydroxyl groups is 4. The molecule has 0 fully saturated rings. The average Bonchev–Trinajstić information content (AvgIpc) is 1.93. The Hall–Kier alpha value is -1.32. The number of aliphatic hydroxyl groups excluding tert-OH is 4. The van der Waals surface area contributed by atoms with Crippen LogP contribution in [0.25, 0.3) is 0 Å². The van der Waals surface area contributed by atoms with Gasteiger partial charge in [0, 0.05) is 12.8 Å². The molecule has 0 aromatic carbocycles. The summed E-state index contributed by atoms with van der Waals surface area (Å²) in [5.41, 5.74) is 0. The zero-order valence-corrected chi connectivity index (χ0v) is 5.07. The molecule has 4 nitrogen and oxygen atoms in total. The summed E-state index contributed by atoms with van der Waals surface area (Å²) >= 11 is 0. The van der Waals surface area contributed by atoms with Crippen molar-refractivity contribution in [3.8, 4) is 0 Å². The highest BCUT2D eigenvalue weighted by Crippen LogP contribution is 2.22. The summed E-state index contributed by atoms with van der Waals surface area (Å²) in [5, 5.41) is 35.0. The summed E-state index contributed by atoms with van der Waals surface area (Å²) in [6.07, 6.45) is 1.24. The van der Waals surface area contributed by atoms with Gasteiger partial charge in [-0.1, -0.05) is 0 Å². The van der Waals surface area contributed by atoms with Crippen LogP contribution in [0.2, 0.25) is 0 Å². The van der Waals surface area contributed by atoms with E-state index in [1.165, 1.54) is 6.42 Å². The van der Waals surface area contributed by atoms with Crippen LogP contribution in [0.4, 0.5) is 0 Å². The quantitative estimate of drug-likeness (QED) is 0.411. The molecule has 4 N–H and O–H groups in total. The van der Waals surface area contributed by atoms with Gasteiger partial charge in [0.1, 0.15) is 11.5 Å². The molecule has 0 spiro atoms. The van der Waals surface area contributed by atoms with Gasteiger partial charge < -0.3 is 20.4 Å². The molecule has 0 atom stereocenters. The molecule has 0 amide bonds. The molecule has 10 heavy (non-hydrogen) atoms. The van der Waals surface area contributed by atoms with Crippen molar-refractivity contribution in [2.75, 3.05) is 0 Å². The van der Waals surface area contributed by atoms with Gasteiger partial charge >= 0.3 is 0 Å². The molecular formula is C6H7O4. The molecule has 1 radical (unpaired) electrons. The van der Waals surface area contributed by atoms with Crippen LogP contribution < -0.4 is 0 Å². The van der Waals surface area contributed by atoms with Gasteiger partial charge in [-0.05, 0) is 0 Å². The highest BCUT2D eigenvalue weighted by atomic mass is 16.3.